The van der Waals surface area contributed by atoms with Crippen LogP contribution in [0.4, 0.5) is 0 Å². The molecule has 1 saturated carbocycles. The van der Waals surface area contributed by atoms with Gasteiger partial charge in [0.15, 0.2) is 0 Å². The highest BCUT2D eigenvalue weighted by molar-refractivity contribution is 5.49. The topological polar surface area (TPSA) is 20.3 Å². The molecule has 1 heterocycles. The highest BCUT2D eigenvalue weighted by Crippen LogP contribution is 2.52. The molecule has 0 spiro atoms. The zero-order valence-electron chi connectivity index (χ0n) is 9.98. The Morgan fingerprint density at radius 3 is 2.80 bits per heavy atom. The maximum atomic E-state index is 10.3. The molecule has 1 aliphatic carbocycles. The monoisotopic (exact) mass is 209 g/mol. The van der Waals surface area contributed by atoms with Crippen LogP contribution in [0.15, 0.2) is 0 Å². The van der Waals surface area contributed by atoms with E-state index in [2.05, 4.69) is 18.9 Å². The molecule has 15 heavy (non-hydrogen) atoms. The fourth-order valence-corrected chi connectivity index (χ4v) is 3.35. The molecule has 1 aliphatic heterocycles. The molecule has 0 aromatic rings. The molecule has 0 N–H and O–H groups in total. The van der Waals surface area contributed by atoms with E-state index in [1.165, 1.54) is 25.8 Å². The van der Waals surface area contributed by atoms with E-state index in [9.17, 15) is 4.79 Å². The van der Waals surface area contributed by atoms with Crippen molar-refractivity contribution in [1.29, 1.82) is 0 Å². The number of carbonyl (C=O) groups is 1. The van der Waals surface area contributed by atoms with Gasteiger partial charge in [-0.25, -0.2) is 0 Å². The first kappa shape index (κ1) is 11.1. The third-order valence-corrected chi connectivity index (χ3v) is 4.59. The Morgan fingerprint density at radius 2 is 2.20 bits per heavy atom. The molecule has 0 radical (unpaired) electrons. The van der Waals surface area contributed by atoms with Gasteiger partial charge in [0.1, 0.15) is 6.29 Å². The van der Waals surface area contributed by atoms with Gasteiger partial charge in [0, 0.05) is 12.5 Å². The smallest absolute Gasteiger partial charge is 0.120 e. The summed E-state index contributed by atoms with van der Waals surface area (Å²) in [5, 5.41) is 0. The molecule has 0 amide bonds. The van der Waals surface area contributed by atoms with Crippen LogP contribution in [0.2, 0.25) is 0 Å². The molecule has 2 fully saturated rings. The molecule has 0 bridgehead atoms. The van der Waals surface area contributed by atoms with Gasteiger partial charge >= 0.3 is 0 Å². The normalized spacial score (nSPS) is 40.7. The quantitative estimate of drug-likeness (QED) is 0.648. The first-order valence-corrected chi connectivity index (χ1v) is 6.38. The Bertz CT molecular complexity index is 229. The lowest BCUT2D eigenvalue weighted by molar-refractivity contribution is -0.108. The molecular formula is C13H23NO. The molecule has 1 saturated heterocycles. The Morgan fingerprint density at radius 1 is 1.40 bits per heavy atom. The van der Waals surface area contributed by atoms with E-state index >= 15 is 0 Å². The van der Waals surface area contributed by atoms with Crippen molar-refractivity contribution in [2.45, 2.75) is 45.1 Å². The zero-order chi connectivity index (χ0) is 10.8. The van der Waals surface area contributed by atoms with Crippen LogP contribution in [0.5, 0.6) is 0 Å². The highest BCUT2D eigenvalue weighted by atomic mass is 16.1. The van der Waals surface area contributed by atoms with Crippen molar-refractivity contribution in [3.05, 3.63) is 0 Å². The van der Waals surface area contributed by atoms with E-state index < -0.39 is 0 Å². The van der Waals surface area contributed by atoms with E-state index in [0.717, 1.165) is 42.9 Å². The maximum Gasteiger partial charge on any atom is 0.120 e. The number of hydrogen-bond acceptors (Lipinski definition) is 2. The van der Waals surface area contributed by atoms with Crippen molar-refractivity contribution in [2.24, 2.45) is 17.8 Å². The standard InChI is InChI=1S/C13H23NO/c1-10-12(6-4-8-15)13(10)9-11-5-3-7-14(11)2/h8,10-13H,3-7,9H2,1-2H3. The molecule has 2 heteroatoms. The summed E-state index contributed by atoms with van der Waals surface area (Å²) < 4.78 is 0. The Kier molecular flexibility index (Phi) is 3.45. The van der Waals surface area contributed by atoms with E-state index in [1.54, 1.807) is 0 Å². The molecule has 4 atom stereocenters. The second kappa shape index (κ2) is 4.65. The molecular weight excluding hydrogens is 186 g/mol. The van der Waals surface area contributed by atoms with Crippen LogP contribution in [-0.2, 0) is 4.79 Å². The summed E-state index contributed by atoms with van der Waals surface area (Å²) in [6.45, 7) is 3.64. The molecule has 2 aliphatic rings. The summed E-state index contributed by atoms with van der Waals surface area (Å²) >= 11 is 0. The Balaban J connectivity index is 1.74. The minimum Gasteiger partial charge on any atom is -0.303 e. The molecule has 0 aromatic heterocycles. The van der Waals surface area contributed by atoms with Crippen LogP contribution in [0.25, 0.3) is 0 Å². The summed E-state index contributed by atoms with van der Waals surface area (Å²) in [4.78, 5) is 12.9. The van der Waals surface area contributed by atoms with Crippen LogP contribution >= 0.6 is 0 Å². The van der Waals surface area contributed by atoms with Crippen molar-refractivity contribution < 1.29 is 4.79 Å². The van der Waals surface area contributed by atoms with Crippen LogP contribution in [0.1, 0.15) is 39.0 Å². The average Bonchev–Trinajstić information content (AvgIpc) is 2.62. The number of carbonyl (C=O) groups excluding carboxylic acids is 1. The minimum atomic E-state index is 0.770. The average molecular weight is 209 g/mol. The fraction of sp³-hybridized carbons (Fsp3) is 0.923. The molecule has 4 unspecified atom stereocenters. The molecule has 0 aromatic carbocycles. The molecule has 2 nitrogen and oxygen atoms in total. The highest BCUT2D eigenvalue weighted by Gasteiger charge is 2.46. The summed E-state index contributed by atoms with van der Waals surface area (Å²) in [6.07, 6.45) is 7.12. The molecule has 2 rings (SSSR count). The summed E-state index contributed by atoms with van der Waals surface area (Å²) in [5.74, 6) is 2.64. The number of aldehydes is 1. The van der Waals surface area contributed by atoms with Crippen molar-refractivity contribution in [1.82, 2.24) is 4.90 Å². The van der Waals surface area contributed by atoms with Gasteiger partial charge in [0.2, 0.25) is 0 Å². The Hall–Kier alpha value is -0.370. The van der Waals surface area contributed by atoms with E-state index in [4.69, 9.17) is 0 Å². The molecule has 86 valence electrons. The summed E-state index contributed by atoms with van der Waals surface area (Å²) in [5.41, 5.74) is 0. The van der Waals surface area contributed by atoms with E-state index in [0.29, 0.717) is 0 Å². The lowest BCUT2D eigenvalue weighted by Gasteiger charge is -2.19. The maximum absolute atomic E-state index is 10.3. The summed E-state index contributed by atoms with van der Waals surface area (Å²) in [7, 11) is 2.26. The Labute approximate surface area is 93.0 Å². The van der Waals surface area contributed by atoms with Crippen molar-refractivity contribution in [3.8, 4) is 0 Å². The second-order valence-corrected chi connectivity index (χ2v) is 5.44. The van der Waals surface area contributed by atoms with Crippen molar-refractivity contribution in [3.63, 3.8) is 0 Å². The van der Waals surface area contributed by atoms with Gasteiger partial charge in [-0.05, 0) is 57.0 Å². The van der Waals surface area contributed by atoms with Crippen molar-refractivity contribution in [2.75, 3.05) is 13.6 Å². The fourth-order valence-electron chi connectivity index (χ4n) is 3.35. The van der Waals surface area contributed by atoms with Crippen LogP contribution in [0.3, 0.4) is 0 Å². The lowest BCUT2D eigenvalue weighted by Crippen LogP contribution is -2.25. The number of rotatable bonds is 5. The van der Waals surface area contributed by atoms with Gasteiger partial charge in [-0.2, -0.15) is 0 Å². The van der Waals surface area contributed by atoms with Gasteiger partial charge in [-0.3, -0.25) is 0 Å². The lowest BCUT2D eigenvalue weighted by atomic mass is 10.1. The second-order valence-electron chi connectivity index (χ2n) is 5.44. The zero-order valence-corrected chi connectivity index (χ0v) is 9.98. The van der Waals surface area contributed by atoms with E-state index in [1.807, 2.05) is 0 Å². The predicted molar refractivity (Wildman–Crippen MR) is 61.7 cm³/mol. The van der Waals surface area contributed by atoms with Crippen molar-refractivity contribution >= 4 is 6.29 Å². The van der Waals surface area contributed by atoms with Gasteiger partial charge in [-0.1, -0.05) is 6.92 Å². The van der Waals surface area contributed by atoms with Gasteiger partial charge in [0.25, 0.3) is 0 Å². The number of likely N-dealkylation sites (tertiary alicyclic amines) is 1. The summed E-state index contributed by atoms with van der Waals surface area (Å²) in [6, 6.07) is 0.832. The third kappa shape index (κ3) is 2.41. The van der Waals surface area contributed by atoms with Gasteiger partial charge in [0.05, 0.1) is 0 Å². The first-order valence-electron chi connectivity index (χ1n) is 6.38. The third-order valence-electron chi connectivity index (χ3n) is 4.59. The van der Waals surface area contributed by atoms with Crippen LogP contribution in [-0.4, -0.2) is 30.8 Å². The largest absolute Gasteiger partial charge is 0.303 e. The van der Waals surface area contributed by atoms with Crippen LogP contribution < -0.4 is 0 Å². The predicted octanol–water partition coefficient (Wildman–Crippen LogP) is 2.33. The van der Waals surface area contributed by atoms with E-state index in [-0.39, 0.29) is 0 Å². The number of nitrogens with zero attached hydrogens (tertiary/aromatic N) is 1. The number of hydrogen-bond donors (Lipinski definition) is 0. The SMILES string of the molecule is CC1C(CCC=O)C1CC1CCCN1C. The van der Waals surface area contributed by atoms with Gasteiger partial charge < -0.3 is 9.69 Å². The first-order chi connectivity index (χ1) is 7.24. The van der Waals surface area contributed by atoms with Gasteiger partial charge in [-0.15, -0.1) is 0 Å². The minimum absolute atomic E-state index is 0.770. The van der Waals surface area contributed by atoms with Crippen LogP contribution in [0, 0.1) is 17.8 Å².